The van der Waals surface area contributed by atoms with Crippen molar-refractivity contribution in [1.29, 1.82) is 0 Å². The maximum atomic E-state index is 12.5. The SMILES string of the molecule is C#CCC(NC(=O)C=CCC[C@@H](C)[C@H]1CC[C@H]2[C@@H]3C(O)C[C@@H]4C[C@H](O)CC[C@]4(C)[C@H]3CC[C@]12C)NC(=O)CCCN=[N+]=[N-]. The van der Waals surface area contributed by atoms with E-state index in [1.54, 1.807) is 0 Å². The fraction of sp³-hybridized carbons (Fsp3) is 0.824. The van der Waals surface area contributed by atoms with Gasteiger partial charge in [-0.2, -0.15) is 0 Å². The van der Waals surface area contributed by atoms with Gasteiger partial charge in [0.2, 0.25) is 11.8 Å². The number of fused-ring (bicyclic) bond motifs is 5. The normalized spacial score (nSPS) is 38.0. The Bertz CT molecular complexity index is 1110. The molecule has 0 aromatic heterocycles. The lowest BCUT2D eigenvalue weighted by atomic mass is 9.43. The molecular weight excluding hydrogens is 542 g/mol. The summed E-state index contributed by atoms with van der Waals surface area (Å²) in [5.74, 6) is 5.00. The lowest BCUT2D eigenvalue weighted by Gasteiger charge is -2.62. The smallest absolute Gasteiger partial charge is 0.245 e. The summed E-state index contributed by atoms with van der Waals surface area (Å²) in [4.78, 5) is 27.4. The zero-order valence-corrected chi connectivity index (χ0v) is 26.4. The Morgan fingerprint density at radius 3 is 2.60 bits per heavy atom. The van der Waals surface area contributed by atoms with Crippen molar-refractivity contribution in [3.63, 3.8) is 0 Å². The van der Waals surface area contributed by atoms with Crippen LogP contribution in [0.25, 0.3) is 10.4 Å². The number of nitrogens with one attached hydrogen (secondary N) is 2. The number of amides is 2. The van der Waals surface area contributed by atoms with Crippen molar-refractivity contribution in [2.24, 2.45) is 51.5 Å². The molecule has 0 aromatic rings. The number of aliphatic hydroxyl groups is 2. The summed E-state index contributed by atoms with van der Waals surface area (Å²) in [7, 11) is 0. The van der Waals surface area contributed by atoms with Crippen LogP contribution in [0.15, 0.2) is 17.3 Å². The summed E-state index contributed by atoms with van der Waals surface area (Å²) in [6.45, 7) is 7.56. The third-order valence-corrected chi connectivity index (χ3v) is 12.2. The highest BCUT2D eigenvalue weighted by atomic mass is 16.3. The molecule has 9 nitrogen and oxygen atoms in total. The molecule has 11 atom stereocenters. The van der Waals surface area contributed by atoms with Crippen molar-refractivity contribution in [3.8, 4) is 12.3 Å². The molecule has 2 unspecified atom stereocenters. The molecule has 4 aliphatic rings. The zero-order valence-electron chi connectivity index (χ0n) is 26.4. The van der Waals surface area contributed by atoms with Crippen molar-refractivity contribution >= 4 is 11.8 Å². The minimum atomic E-state index is -0.648. The van der Waals surface area contributed by atoms with Crippen molar-refractivity contribution < 1.29 is 19.8 Å². The van der Waals surface area contributed by atoms with Gasteiger partial charge in [-0.3, -0.25) is 9.59 Å². The predicted octanol–water partition coefficient (Wildman–Crippen LogP) is 5.62. The second kappa shape index (κ2) is 14.5. The highest BCUT2D eigenvalue weighted by molar-refractivity contribution is 5.88. The number of carbonyl (C=O) groups excluding carboxylic acids is 2. The number of rotatable bonds is 12. The number of azide groups is 1. The van der Waals surface area contributed by atoms with Gasteiger partial charge in [-0.05, 0) is 129 Å². The van der Waals surface area contributed by atoms with Crippen LogP contribution in [0, 0.1) is 58.7 Å². The third kappa shape index (κ3) is 7.41. The number of carbonyl (C=O) groups is 2. The average molecular weight is 596 g/mol. The fourth-order valence-corrected chi connectivity index (χ4v) is 10.0. The number of hydrogen-bond donors (Lipinski definition) is 4. The van der Waals surface area contributed by atoms with Crippen LogP contribution < -0.4 is 10.6 Å². The molecule has 43 heavy (non-hydrogen) atoms. The predicted molar refractivity (Wildman–Crippen MR) is 167 cm³/mol. The molecule has 0 radical (unpaired) electrons. The second-order valence-electron chi connectivity index (χ2n) is 14.5. The molecule has 0 heterocycles. The van der Waals surface area contributed by atoms with Crippen molar-refractivity contribution in [3.05, 3.63) is 22.6 Å². The van der Waals surface area contributed by atoms with Gasteiger partial charge in [-0.25, -0.2) is 0 Å². The first-order valence-electron chi connectivity index (χ1n) is 16.6. The van der Waals surface area contributed by atoms with E-state index in [1.807, 2.05) is 6.08 Å². The molecule has 2 amide bonds. The Kier molecular flexibility index (Phi) is 11.3. The van der Waals surface area contributed by atoms with Crippen LogP contribution in [0.2, 0.25) is 0 Å². The van der Waals surface area contributed by atoms with Gasteiger partial charge < -0.3 is 20.8 Å². The number of allylic oxidation sites excluding steroid dienone is 1. The van der Waals surface area contributed by atoms with E-state index >= 15 is 0 Å². The minimum absolute atomic E-state index is 0.179. The minimum Gasteiger partial charge on any atom is -0.393 e. The first-order valence-corrected chi connectivity index (χ1v) is 16.6. The van der Waals surface area contributed by atoms with Gasteiger partial charge in [-0.15, -0.1) is 12.3 Å². The quantitative estimate of drug-likeness (QED) is 0.0441. The molecule has 238 valence electrons. The Labute approximate surface area is 257 Å². The van der Waals surface area contributed by atoms with Gasteiger partial charge >= 0.3 is 0 Å². The molecule has 4 aliphatic carbocycles. The lowest BCUT2D eigenvalue weighted by Crippen LogP contribution is -2.58. The van der Waals surface area contributed by atoms with Gasteiger partial charge in [0.1, 0.15) is 6.17 Å². The van der Waals surface area contributed by atoms with Gasteiger partial charge in [0.05, 0.1) is 12.2 Å². The van der Waals surface area contributed by atoms with Gasteiger partial charge in [0.25, 0.3) is 0 Å². The van der Waals surface area contributed by atoms with Gasteiger partial charge in [0.15, 0.2) is 0 Å². The molecule has 0 bridgehead atoms. The molecule has 0 saturated heterocycles. The van der Waals surface area contributed by atoms with E-state index in [-0.39, 0.29) is 54.2 Å². The average Bonchev–Trinajstić information content (AvgIpc) is 3.31. The summed E-state index contributed by atoms with van der Waals surface area (Å²) in [6, 6.07) is 0. The monoisotopic (exact) mass is 595 g/mol. The summed E-state index contributed by atoms with van der Waals surface area (Å²) < 4.78 is 0. The van der Waals surface area contributed by atoms with Gasteiger partial charge in [0, 0.05) is 24.3 Å². The Morgan fingerprint density at radius 2 is 1.86 bits per heavy atom. The Balaban J connectivity index is 1.27. The number of nitrogens with zero attached hydrogens (tertiary/aromatic N) is 3. The van der Waals surface area contributed by atoms with E-state index in [0.717, 1.165) is 38.5 Å². The number of aliphatic hydroxyl groups excluding tert-OH is 2. The summed E-state index contributed by atoms with van der Waals surface area (Å²) in [6.07, 6.45) is 18.9. The number of hydrogen-bond acceptors (Lipinski definition) is 5. The van der Waals surface area contributed by atoms with Crippen molar-refractivity contribution in [2.45, 2.75) is 123 Å². The number of terminal acetylenes is 1. The standard InChI is InChI=1S/C34H53N5O4/c1-5-9-29(38-31(43)12-8-19-36-39-35)37-30(42)11-7-6-10-22(2)25-13-14-26-32-27(16-18-34(25,26)4)33(3)17-15-24(40)20-23(33)21-28(32)41/h1,7,11,22-29,32,40-41H,6,8-10,12-21H2,2-4H3,(H,37,42)(H,38,43)/t22-,23+,24-,25-,26+,27+,28?,29?,32+,33+,34-/m1/s1. The first kappa shape index (κ1) is 33.4. The van der Waals surface area contributed by atoms with E-state index < -0.39 is 6.17 Å². The molecule has 0 aromatic carbocycles. The van der Waals surface area contributed by atoms with Crippen LogP contribution in [-0.2, 0) is 9.59 Å². The molecule has 4 rings (SSSR count). The molecule has 4 N–H and O–H groups in total. The second-order valence-corrected chi connectivity index (χ2v) is 14.5. The zero-order chi connectivity index (χ0) is 31.2. The van der Waals surface area contributed by atoms with Crippen LogP contribution in [0.1, 0.15) is 104 Å². The van der Waals surface area contributed by atoms with Crippen molar-refractivity contribution in [1.82, 2.24) is 10.6 Å². The Morgan fingerprint density at radius 1 is 1.12 bits per heavy atom. The highest BCUT2D eigenvalue weighted by Crippen LogP contribution is 2.68. The van der Waals surface area contributed by atoms with E-state index in [9.17, 15) is 19.8 Å². The maximum absolute atomic E-state index is 12.5. The van der Waals surface area contributed by atoms with E-state index in [0.29, 0.717) is 41.9 Å². The first-order chi connectivity index (χ1) is 20.5. The summed E-state index contributed by atoms with van der Waals surface area (Å²) in [5.41, 5.74) is 8.82. The molecule has 0 spiro atoms. The molecular formula is C34H53N5O4. The van der Waals surface area contributed by atoms with Crippen LogP contribution in [0.4, 0.5) is 0 Å². The van der Waals surface area contributed by atoms with Crippen LogP contribution >= 0.6 is 0 Å². The van der Waals surface area contributed by atoms with Crippen LogP contribution in [-0.4, -0.2) is 46.9 Å². The van der Waals surface area contributed by atoms with E-state index in [1.165, 1.54) is 31.8 Å². The van der Waals surface area contributed by atoms with E-state index in [4.69, 9.17) is 12.0 Å². The van der Waals surface area contributed by atoms with Gasteiger partial charge in [-0.1, -0.05) is 32.0 Å². The largest absolute Gasteiger partial charge is 0.393 e. The van der Waals surface area contributed by atoms with E-state index in [2.05, 4.69) is 47.4 Å². The summed E-state index contributed by atoms with van der Waals surface area (Å²) in [5, 5.41) is 30.7. The molecule has 4 fully saturated rings. The third-order valence-electron chi connectivity index (χ3n) is 12.2. The molecule has 9 heteroatoms. The topological polar surface area (TPSA) is 147 Å². The molecule has 0 aliphatic heterocycles. The van der Waals surface area contributed by atoms with Crippen LogP contribution in [0.5, 0.6) is 0 Å². The summed E-state index contributed by atoms with van der Waals surface area (Å²) >= 11 is 0. The lowest BCUT2D eigenvalue weighted by molar-refractivity contribution is -0.174. The Hall–Kier alpha value is -2.53. The fourth-order valence-electron chi connectivity index (χ4n) is 10.0. The van der Waals surface area contributed by atoms with Crippen molar-refractivity contribution in [2.75, 3.05) is 6.54 Å². The molecule has 4 saturated carbocycles. The maximum Gasteiger partial charge on any atom is 0.245 e. The van der Waals surface area contributed by atoms with Crippen LogP contribution in [0.3, 0.4) is 0 Å². The highest BCUT2D eigenvalue weighted by Gasteiger charge is 2.62.